The normalized spacial score (nSPS) is 9.83. The van der Waals surface area contributed by atoms with E-state index in [1.54, 1.807) is 0 Å². The molecule has 0 aliphatic rings. The summed E-state index contributed by atoms with van der Waals surface area (Å²) in [5.74, 6) is 0. The van der Waals surface area contributed by atoms with E-state index in [0.29, 0.717) is 0 Å². The number of hydrogen-bond acceptors (Lipinski definition) is 24. The van der Waals surface area contributed by atoms with Crippen molar-refractivity contribution in [2.24, 2.45) is 0 Å². The number of phosphoric acid groups is 6. The smallest absolute Gasteiger partial charge is 0.822 e. The van der Waals surface area contributed by atoms with Gasteiger partial charge >= 0.3 is 129 Å². The molecular formula is Co3O24P6Zr3. The van der Waals surface area contributed by atoms with Crippen LogP contribution in [0.2, 0.25) is 0 Å². The molecule has 0 saturated carbocycles. The summed E-state index contributed by atoms with van der Waals surface area (Å²) < 4.78 is 51.3. The summed E-state index contributed by atoms with van der Waals surface area (Å²) in [5.41, 5.74) is 0. The van der Waals surface area contributed by atoms with Gasteiger partial charge in [0.25, 0.3) is 0 Å². The Balaban J connectivity index is -0.0000000186. The molecule has 0 aromatic carbocycles. The van der Waals surface area contributed by atoms with Crippen molar-refractivity contribution in [1.82, 2.24) is 0 Å². The van der Waals surface area contributed by atoms with Gasteiger partial charge in [-0.3, -0.25) is 0 Å². The fraction of sp³-hybridized carbons (Fsp3) is 0. The molecule has 24 nitrogen and oxygen atoms in total. The Labute approximate surface area is 288 Å². The van der Waals surface area contributed by atoms with Gasteiger partial charge in [-0.2, -0.15) is 46.9 Å². The average Bonchev–Trinajstić information content (AvgIpc) is 1.94. The first-order chi connectivity index (χ1) is 12.0. The van der Waals surface area contributed by atoms with Crippen LogP contribution in [-0.4, -0.2) is 0 Å². The first kappa shape index (κ1) is 77.9. The van der Waals surface area contributed by atoms with E-state index in [9.17, 15) is 0 Å². The maximum Gasteiger partial charge on any atom is 4.00 e. The second-order valence-electron chi connectivity index (χ2n) is 2.68. The Kier molecular flexibility index (Phi) is 78.0. The third kappa shape index (κ3) is 2380. The van der Waals surface area contributed by atoms with Gasteiger partial charge in [0.2, 0.25) is 0 Å². The summed E-state index contributed by atoms with van der Waals surface area (Å²) >= 11 is 0. The molecule has 36 heteroatoms. The van der Waals surface area contributed by atoms with Gasteiger partial charge in [0.05, 0.1) is 0 Å². The van der Waals surface area contributed by atoms with E-state index in [2.05, 4.69) is 0 Å². The summed E-state index contributed by atoms with van der Waals surface area (Å²) in [4.78, 5) is 154. The second kappa shape index (κ2) is 36.0. The monoisotopic (exact) mass is 1020 g/mol. The Bertz CT molecular complexity index is 483. The average molecular weight is 1020 g/mol. The van der Waals surface area contributed by atoms with E-state index in [1.807, 2.05) is 0 Å². The van der Waals surface area contributed by atoms with Gasteiger partial charge in [0, 0.05) is 0 Å². The molecular weight excluding hydrogens is 1020 g/mol. The Morgan fingerprint density at radius 2 is 0.222 bits per heavy atom. The zero-order valence-corrected chi connectivity index (χ0v) is 30.8. The first-order valence-corrected chi connectivity index (χ1v) is 13.1. The van der Waals surface area contributed by atoms with Crippen molar-refractivity contribution in [1.29, 1.82) is 0 Å². The molecule has 0 spiro atoms. The first-order valence-electron chi connectivity index (χ1n) is 4.38. The fourth-order valence-electron chi connectivity index (χ4n) is 0. The van der Waals surface area contributed by atoms with Gasteiger partial charge in [0.15, 0.2) is 0 Å². The van der Waals surface area contributed by atoms with Crippen LogP contribution < -0.4 is 88.1 Å². The number of hydrogen-bond donors (Lipinski definition) is 0. The van der Waals surface area contributed by atoms with E-state index in [1.165, 1.54) is 0 Å². The summed E-state index contributed by atoms with van der Waals surface area (Å²) in [7, 11) is -32.3. The molecule has 0 aliphatic heterocycles. The largest absolute Gasteiger partial charge is 4.00 e. The van der Waals surface area contributed by atoms with Gasteiger partial charge in [-0.1, -0.05) is 0 Å². The van der Waals surface area contributed by atoms with Crippen molar-refractivity contribution in [2.75, 3.05) is 0 Å². The van der Waals surface area contributed by atoms with Crippen molar-refractivity contribution >= 4 is 46.9 Å². The fourth-order valence-corrected chi connectivity index (χ4v) is 0. The van der Waals surface area contributed by atoms with E-state index in [0.717, 1.165) is 0 Å². The molecule has 0 fully saturated rings. The topological polar surface area (TPSA) is 518 Å². The predicted octanol–water partition coefficient (Wildman–Crippen LogP) is -17.0. The van der Waals surface area contributed by atoms with Gasteiger partial charge < -0.3 is 115 Å². The van der Waals surface area contributed by atoms with E-state index in [-0.39, 0.29) is 129 Å². The Morgan fingerprint density at radius 1 is 0.222 bits per heavy atom. The molecule has 0 heterocycles. The van der Waals surface area contributed by atoms with Crippen LogP contribution in [0.3, 0.4) is 0 Å². The zero-order chi connectivity index (χ0) is 27.0. The third-order valence-electron chi connectivity index (χ3n) is 0. The minimum absolute atomic E-state index is 0. The molecule has 0 aromatic rings. The van der Waals surface area contributed by atoms with Gasteiger partial charge in [-0.05, 0) is 0 Å². The molecule has 36 heavy (non-hydrogen) atoms. The molecule has 213 valence electrons. The van der Waals surface area contributed by atoms with E-state index >= 15 is 0 Å². The van der Waals surface area contributed by atoms with Crippen molar-refractivity contribution in [3.05, 3.63) is 0 Å². The van der Waals surface area contributed by atoms with E-state index in [4.69, 9.17) is 115 Å². The summed E-state index contributed by atoms with van der Waals surface area (Å²) in [5, 5.41) is 0. The van der Waals surface area contributed by atoms with Crippen LogP contribution in [0.15, 0.2) is 0 Å². The second-order valence-corrected chi connectivity index (χ2v) is 8.05. The van der Waals surface area contributed by atoms with Crippen LogP contribution in [-0.2, 0) is 156 Å². The Hall–Kier alpha value is 4.83. The standard InChI is InChI=1S/3Co.6H3O4P.3Zr/c;;;6*1-5(2,3)4;;;/h;;;6*(H3,1,2,3,4);;;/q3*+2;;;;;;;3*+4/p-18. The molecule has 0 unspecified atom stereocenters. The van der Waals surface area contributed by atoms with Crippen molar-refractivity contribution in [3.63, 3.8) is 0 Å². The Morgan fingerprint density at radius 3 is 0.222 bits per heavy atom. The molecule has 0 bridgehead atoms. The third-order valence-corrected chi connectivity index (χ3v) is 0. The zero-order valence-electron chi connectivity index (χ0n) is 15.0. The summed E-state index contributed by atoms with van der Waals surface area (Å²) in [6, 6.07) is 0. The van der Waals surface area contributed by atoms with Crippen molar-refractivity contribution in [3.8, 4) is 0 Å². The van der Waals surface area contributed by atoms with Gasteiger partial charge in [-0.25, -0.2) is 0 Å². The molecule has 0 saturated heterocycles. The minimum Gasteiger partial charge on any atom is -0.822 e. The van der Waals surface area contributed by atoms with Crippen molar-refractivity contribution < 1.29 is 244 Å². The van der Waals surface area contributed by atoms with Crippen LogP contribution in [0.1, 0.15) is 0 Å². The SMILES string of the molecule is O=P([O-])([O-])[O-].O=P([O-])([O-])[O-].O=P([O-])([O-])[O-].O=P([O-])([O-])[O-].O=P([O-])([O-])[O-].O=P([O-])([O-])[O-].[Co+2].[Co+2].[Co+2].[Zr+4].[Zr+4].[Zr+4]. The quantitative estimate of drug-likeness (QED) is 0.203. The molecule has 0 aliphatic carbocycles. The van der Waals surface area contributed by atoms with E-state index < -0.39 is 46.9 Å². The molecule has 0 N–H and O–H groups in total. The van der Waals surface area contributed by atoms with Crippen LogP contribution in [0, 0.1) is 0 Å². The van der Waals surface area contributed by atoms with Crippen LogP contribution in [0.25, 0.3) is 0 Å². The van der Waals surface area contributed by atoms with Crippen LogP contribution in [0.4, 0.5) is 0 Å². The minimum atomic E-state index is -5.39. The predicted molar refractivity (Wildman–Crippen MR) is 45.6 cm³/mol. The van der Waals surface area contributed by atoms with Crippen LogP contribution >= 0.6 is 46.9 Å². The molecule has 0 rings (SSSR count). The summed E-state index contributed by atoms with van der Waals surface area (Å²) in [6.07, 6.45) is 0. The van der Waals surface area contributed by atoms with Crippen molar-refractivity contribution in [2.45, 2.75) is 0 Å². The van der Waals surface area contributed by atoms with Gasteiger partial charge in [0.1, 0.15) is 0 Å². The maximum absolute atomic E-state index is 8.55. The van der Waals surface area contributed by atoms with Gasteiger partial charge in [-0.15, -0.1) is 0 Å². The molecule has 0 amide bonds. The molecule has 3 radical (unpaired) electrons. The molecule has 0 aromatic heterocycles. The molecule has 0 atom stereocenters. The maximum atomic E-state index is 8.55. The number of rotatable bonds is 0. The summed E-state index contributed by atoms with van der Waals surface area (Å²) in [6.45, 7) is 0. The van der Waals surface area contributed by atoms with Crippen LogP contribution in [0.5, 0.6) is 0 Å².